The van der Waals surface area contributed by atoms with Gasteiger partial charge in [-0.15, -0.1) is 0 Å². The number of carbonyl (C=O) groups excluding carboxylic acids is 1. The van der Waals surface area contributed by atoms with Gasteiger partial charge < -0.3 is 14.5 Å². The van der Waals surface area contributed by atoms with Crippen LogP contribution >= 0.6 is 0 Å². The van der Waals surface area contributed by atoms with Crippen molar-refractivity contribution in [2.75, 3.05) is 5.32 Å². The van der Waals surface area contributed by atoms with Crippen molar-refractivity contribution in [3.8, 4) is 5.75 Å². The Morgan fingerprint density at radius 1 is 1.12 bits per heavy atom. The Hall–Kier alpha value is -3.22. The molecule has 7 heteroatoms. The molecule has 3 aromatic rings. The van der Waals surface area contributed by atoms with Gasteiger partial charge in [0.25, 0.3) is 5.91 Å². The van der Waals surface area contributed by atoms with Crippen LogP contribution in [0.4, 0.5) is 14.5 Å². The molecule has 1 aromatic heterocycles. The standard InChI is InChI=1S/C19H15F2NO4/c1-10(2)25-12-4-5-13-14(9-18(23)26-17(13)8-12)19(24)22-16-6-3-11(20)7-15(16)21/h3-10H,1-2H3,(H,22,24). The molecule has 1 heterocycles. The molecule has 0 aliphatic carbocycles. The summed E-state index contributed by atoms with van der Waals surface area (Å²) in [4.78, 5) is 24.3. The third-order valence-electron chi connectivity index (χ3n) is 3.51. The van der Waals surface area contributed by atoms with Crippen LogP contribution in [0.15, 0.2) is 51.7 Å². The maximum Gasteiger partial charge on any atom is 0.337 e. The maximum atomic E-state index is 13.7. The Bertz CT molecular complexity index is 1040. The number of hydrogen-bond donors (Lipinski definition) is 1. The highest BCUT2D eigenvalue weighted by Gasteiger charge is 2.16. The summed E-state index contributed by atoms with van der Waals surface area (Å²) in [6.45, 7) is 3.70. The van der Waals surface area contributed by atoms with Crippen LogP contribution in [0.5, 0.6) is 5.75 Å². The first-order valence-corrected chi connectivity index (χ1v) is 7.84. The first kappa shape index (κ1) is 17.6. The van der Waals surface area contributed by atoms with Crippen molar-refractivity contribution >= 4 is 22.6 Å². The summed E-state index contributed by atoms with van der Waals surface area (Å²) in [6, 6.07) is 8.51. The van der Waals surface area contributed by atoms with Crippen LogP contribution in [0.3, 0.4) is 0 Å². The lowest BCUT2D eigenvalue weighted by Crippen LogP contribution is -2.16. The SMILES string of the molecule is CC(C)Oc1ccc2c(C(=O)Nc3ccc(F)cc3F)cc(=O)oc2c1. The molecule has 0 aliphatic heterocycles. The van der Waals surface area contributed by atoms with Crippen molar-refractivity contribution in [2.45, 2.75) is 20.0 Å². The summed E-state index contributed by atoms with van der Waals surface area (Å²) >= 11 is 0. The zero-order chi connectivity index (χ0) is 18.8. The van der Waals surface area contributed by atoms with Crippen LogP contribution in [0.1, 0.15) is 24.2 Å². The molecule has 0 bridgehead atoms. The van der Waals surface area contributed by atoms with Gasteiger partial charge in [0.15, 0.2) is 0 Å². The molecule has 26 heavy (non-hydrogen) atoms. The highest BCUT2D eigenvalue weighted by molar-refractivity contribution is 6.12. The molecule has 0 unspecified atom stereocenters. The lowest BCUT2D eigenvalue weighted by atomic mass is 10.1. The van der Waals surface area contributed by atoms with E-state index < -0.39 is 23.2 Å². The third-order valence-corrected chi connectivity index (χ3v) is 3.51. The van der Waals surface area contributed by atoms with Gasteiger partial charge in [0.1, 0.15) is 23.0 Å². The number of anilines is 1. The molecule has 1 amide bonds. The van der Waals surface area contributed by atoms with E-state index in [4.69, 9.17) is 9.15 Å². The van der Waals surface area contributed by atoms with Crippen LogP contribution in [0.25, 0.3) is 11.0 Å². The number of rotatable bonds is 4. The number of ether oxygens (including phenoxy) is 1. The van der Waals surface area contributed by atoms with Crippen LogP contribution < -0.4 is 15.7 Å². The number of hydrogen-bond acceptors (Lipinski definition) is 4. The van der Waals surface area contributed by atoms with Crippen molar-refractivity contribution in [2.24, 2.45) is 0 Å². The van der Waals surface area contributed by atoms with E-state index in [1.165, 1.54) is 6.07 Å². The number of nitrogens with one attached hydrogen (secondary N) is 1. The quantitative estimate of drug-likeness (QED) is 0.712. The van der Waals surface area contributed by atoms with Gasteiger partial charge in [-0.2, -0.15) is 0 Å². The van der Waals surface area contributed by atoms with Gasteiger partial charge >= 0.3 is 5.63 Å². The first-order chi connectivity index (χ1) is 12.3. The van der Waals surface area contributed by atoms with E-state index in [0.29, 0.717) is 17.2 Å². The van der Waals surface area contributed by atoms with Gasteiger partial charge in [0.2, 0.25) is 0 Å². The second-order valence-electron chi connectivity index (χ2n) is 5.88. The largest absolute Gasteiger partial charge is 0.491 e. The fourth-order valence-electron chi connectivity index (χ4n) is 2.46. The molecule has 0 aliphatic rings. The Morgan fingerprint density at radius 3 is 2.58 bits per heavy atom. The average molecular weight is 359 g/mol. The average Bonchev–Trinajstić information content (AvgIpc) is 2.55. The zero-order valence-corrected chi connectivity index (χ0v) is 14.0. The maximum absolute atomic E-state index is 13.7. The van der Waals surface area contributed by atoms with E-state index in [2.05, 4.69) is 5.32 Å². The van der Waals surface area contributed by atoms with Crippen LogP contribution in [0, 0.1) is 11.6 Å². The normalized spacial score (nSPS) is 11.0. The van der Waals surface area contributed by atoms with Gasteiger partial charge in [-0.05, 0) is 38.1 Å². The molecular weight excluding hydrogens is 344 g/mol. The number of carbonyl (C=O) groups is 1. The van der Waals surface area contributed by atoms with Crippen LogP contribution in [0.2, 0.25) is 0 Å². The van der Waals surface area contributed by atoms with E-state index in [9.17, 15) is 18.4 Å². The zero-order valence-electron chi connectivity index (χ0n) is 14.0. The summed E-state index contributed by atoms with van der Waals surface area (Å²) in [5.74, 6) is -1.91. The summed E-state index contributed by atoms with van der Waals surface area (Å²) in [5, 5.41) is 2.69. The molecule has 0 atom stereocenters. The van der Waals surface area contributed by atoms with Gasteiger partial charge in [-0.25, -0.2) is 13.6 Å². The fourth-order valence-corrected chi connectivity index (χ4v) is 2.46. The Kier molecular flexibility index (Phi) is 4.71. The second kappa shape index (κ2) is 6.95. The van der Waals surface area contributed by atoms with Gasteiger partial charge in [0, 0.05) is 23.6 Å². The van der Waals surface area contributed by atoms with Crippen LogP contribution in [-0.2, 0) is 0 Å². The number of fused-ring (bicyclic) bond motifs is 1. The van der Waals surface area contributed by atoms with Crippen molar-refractivity contribution in [3.63, 3.8) is 0 Å². The summed E-state index contributed by atoms with van der Waals surface area (Å²) in [5.41, 5.74) is -0.752. The third kappa shape index (κ3) is 3.72. The summed E-state index contributed by atoms with van der Waals surface area (Å²) < 4.78 is 37.4. The molecule has 134 valence electrons. The van der Waals surface area contributed by atoms with Gasteiger partial charge in [-0.3, -0.25) is 4.79 Å². The molecule has 0 saturated heterocycles. The fraction of sp³-hybridized carbons (Fsp3) is 0.158. The highest BCUT2D eigenvalue weighted by Crippen LogP contribution is 2.24. The lowest BCUT2D eigenvalue weighted by Gasteiger charge is -2.11. The van der Waals surface area contributed by atoms with E-state index in [1.54, 1.807) is 12.1 Å². The summed E-state index contributed by atoms with van der Waals surface area (Å²) in [7, 11) is 0. The molecule has 3 rings (SSSR count). The van der Waals surface area contributed by atoms with E-state index >= 15 is 0 Å². The Balaban J connectivity index is 2.00. The van der Waals surface area contributed by atoms with E-state index in [-0.39, 0.29) is 22.9 Å². The lowest BCUT2D eigenvalue weighted by molar-refractivity contribution is 0.102. The molecule has 0 spiro atoms. The molecule has 1 N–H and O–H groups in total. The van der Waals surface area contributed by atoms with E-state index in [0.717, 1.165) is 18.2 Å². The molecule has 0 fully saturated rings. The molecular formula is C19H15F2NO4. The minimum absolute atomic E-state index is 0.0103. The topological polar surface area (TPSA) is 68.5 Å². The monoisotopic (exact) mass is 359 g/mol. The first-order valence-electron chi connectivity index (χ1n) is 7.84. The second-order valence-corrected chi connectivity index (χ2v) is 5.88. The number of amides is 1. The number of benzene rings is 2. The predicted octanol–water partition coefficient (Wildman–Crippen LogP) is 4.11. The minimum atomic E-state index is -0.918. The summed E-state index contributed by atoms with van der Waals surface area (Å²) in [6.07, 6.45) is -0.0768. The minimum Gasteiger partial charge on any atom is -0.491 e. The van der Waals surface area contributed by atoms with Gasteiger partial charge in [0.05, 0.1) is 17.4 Å². The smallest absolute Gasteiger partial charge is 0.337 e. The Morgan fingerprint density at radius 2 is 1.88 bits per heavy atom. The molecule has 2 aromatic carbocycles. The highest BCUT2D eigenvalue weighted by atomic mass is 19.1. The van der Waals surface area contributed by atoms with Crippen LogP contribution in [-0.4, -0.2) is 12.0 Å². The molecule has 5 nitrogen and oxygen atoms in total. The number of halogens is 2. The van der Waals surface area contributed by atoms with E-state index in [1.807, 2.05) is 13.8 Å². The van der Waals surface area contributed by atoms with Crippen molar-refractivity contribution < 1.29 is 22.7 Å². The van der Waals surface area contributed by atoms with Gasteiger partial charge in [-0.1, -0.05) is 0 Å². The van der Waals surface area contributed by atoms with Crippen molar-refractivity contribution in [1.82, 2.24) is 0 Å². The predicted molar refractivity (Wildman–Crippen MR) is 92.6 cm³/mol. The van der Waals surface area contributed by atoms with Crippen molar-refractivity contribution in [1.29, 1.82) is 0 Å². The molecule has 0 saturated carbocycles. The van der Waals surface area contributed by atoms with Crippen molar-refractivity contribution in [3.05, 3.63) is 70.1 Å². The molecule has 0 radical (unpaired) electrons. The Labute approximate surface area is 147 Å².